The van der Waals surface area contributed by atoms with Crippen molar-refractivity contribution in [1.82, 2.24) is 9.80 Å². The van der Waals surface area contributed by atoms with E-state index in [0.29, 0.717) is 6.04 Å². The Bertz CT molecular complexity index is 334. The van der Waals surface area contributed by atoms with Gasteiger partial charge in [0.05, 0.1) is 6.04 Å². The number of thiophene rings is 1. The van der Waals surface area contributed by atoms with Crippen LogP contribution in [0.2, 0.25) is 0 Å². The van der Waals surface area contributed by atoms with Crippen LogP contribution in [0.5, 0.6) is 0 Å². The first-order valence-electron chi connectivity index (χ1n) is 7.88. The van der Waals surface area contributed by atoms with E-state index in [1.165, 1.54) is 18.5 Å². The molecule has 0 fully saturated rings. The lowest BCUT2D eigenvalue weighted by Crippen LogP contribution is -2.40. The molecule has 116 valence electrons. The van der Waals surface area contributed by atoms with Gasteiger partial charge in [0.25, 0.3) is 0 Å². The van der Waals surface area contributed by atoms with E-state index in [-0.39, 0.29) is 6.04 Å². The van der Waals surface area contributed by atoms with Crippen LogP contribution in [0.3, 0.4) is 0 Å². The second kappa shape index (κ2) is 9.50. The molecule has 0 aliphatic heterocycles. The number of rotatable bonds is 10. The summed E-state index contributed by atoms with van der Waals surface area (Å²) in [6, 6.07) is 2.73. The summed E-state index contributed by atoms with van der Waals surface area (Å²) in [4.78, 5) is 5.01. The van der Waals surface area contributed by atoms with Crippen LogP contribution >= 0.6 is 11.3 Å². The Hall–Kier alpha value is -0.420. The average molecular weight is 298 g/mol. The highest BCUT2D eigenvalue weighted by Gasteiger charge is 2.23. The monoisotopic (exact) mass is 297 g/mol. The maximum atomic E-state index is 6.24. The van der Waals surface area contributed by atoms with Gasteiger partial charge in [0, 0.05) is 12.6 Å². The van der Waals surface area contributed by atoms with Gasteiger partial charge in [-0.1, -0.05) is 20.8 Å². The zero-order chi connectivity index (χ0) is 15.0. The molecule has 0 aromatic carbocycles. The number of hydrogen-bond donors (Lipinski definition) is 1. The van der Waals surface area contributed by atoms with Crippen LogP contribution in [0, 0.1) is 0 Å². The lowest BCUT2D eigenvalue weighted by molar-refractivity contribution is 0.172. The quantitative estimate of drug-likeness (QED) is 0.720. The zero-order valence-electron chi connectivity index (χ0n) is 13.5. The molecule has 2 unspecified atom stereocenters. The van der Waals surface area contributed by atoms with E-state index >= 15 is 0 Å². The Kier molecular flexibility index (Phi) is 8.38. The smallest absolute Gasteiger partial charge is 0.0504 e. The first-order valence-corrected chi connectivity index (χ1v) is 8.82. The molecule has 3 nitrogen and oxygen atoms in total. The summed E-state index contributed by atoms with van der Waals surface area (Å²) in [5, 5.41) is 4.38. The highest BCUT2D eigenvalue weighted by atomic mass is 32.1. The summed E-state index contributed by atoms with van der Waals surface area (Å²) >= 11 is 1.76. The average Bonchev–Trinajstić information content (AvgIpc) is 2.95. The van der Waals surface area contributed by atoms with E-state index in [2.05, 4.69) is 54.3 Å². The van der Waals surface area contributed by atoms with Gasteiger partial charge in [-0.2, -0.15) is 11.3 Å². The predicted octanol–water partition coefficient (Wildman–Crippen LogP) is 3.19. The molecule has 1 heterocycles. The van der Waals surface area contributed by atoms with Gasteiger partial charge in [-0.05, 0) is 61.9 Å². The van der Waals surface area contributed by atoms with E-state index in [1.54, 1.807) is 11.3 Å². The van der Waals surface area contributed by atoms with Crippen molar-refractivity contribution in [2.45, 2.75) is 46.2 Å². The minimum absolute atomic E-state index is 0.165. The highest BCUT2D eigenvalue weighted by molar-refractivity contribution is 7.07. The third-order valence-corrected chi connectivity index (χ3v) is 4.70. The summed E-state index contributed by atoms with van der Waals surface area (Å²) in [5.74, 6) is 0. The Labute approximate surface area is 128 Å². The molecule has 0 amide bonds. The molecule has 1 aromatic rings. The normalized spacial score (nSPS) is 14.9. The largest absolute Gasteiger partial charge is 0.326 e. The van der Waals surface area contributed by atoms with Crippen LogP contribution in [-0.4, -0.2) is 48.6 Å². The topological polar surface area (TPSA) is 32.5 Å². The molecule has 2 N–H and O–H groups in total. The van der Waals surface area contributed by atoms with Gasteiger partial charge >= 0.3 is 0 Å². The molecule has 0 radical (unpaired) electrons. The fraction of sp³-hybridized carbons (Fsp3) is 0.750. The fourth-order valence-corrected chi connectivity index (χ4v) is 3.51. The lowest BCUT2D eigenvalue weighted by Gasteiger charge is -2.33. The van der Waals surface area contributed by atoms with E-state index < -0.39 is 0 Å². The van der Waals surface area contributed by atoms with Crippen LogP contribution in [0.15, 0.2) is 16.8 Å². The third-order valence-electron chi connectivity index (χ3n) is 4.00. The van der Waals surface area contributed by atoms with Crippen molar-refractivity contribution in [3.05, 3.63) is 22.4 Å². The molecule has 4 heteroatoms. The number of nitrogens with zero attached hydrogens (tertiary/aromatic N) is 2. The summed E-state index contributed by atoms with van der Waals surface area (Å²) in [7, 11) is 0. The van der Waals surface area contributed by atoms with E-state index in [4.69, 9.17) is 5.73 Å². The minimum atomic E-state index is 0.165. The summed E-state index contributed by atoms with van der Waals surface area (Å²) in [6.07, 6.45) is 1.21. The summed E-state index contributed by atoms with van der Waals surface area (Å²) < 4.78 is 0. The molecule has 1 aromatic heterocycles. The Morgan fingerprint density at radius 3 is 2.30 bits per heavy atom. The summed E-state index contributed by atoms with van der Waals surface area (Å²) in [5.41, 5.74) is 7.61. The maximum Gasteiger partial charge on any atom is 0.0504 e. The molecule has 2 atom stereocenters. The zero-order valence-corrected chi connectivity index (χ0v) is 14.3. The van der Waals surface area contributed by atoms with Crippen molar-refractivity contribution in [3.63, 3.8) is 0 Å². The van der Waals surface area contributed by atoms with Gasteiger partial charge < -0.3 is 10.6 Å². The standard InChI is InChI=1S/C16H31N3S/c1-5-18(6-2)10-8-11-19(7-3)16(14(4)17)15-9-12-20-13-15/h9,12-14,16H,5-8,10-11,17H2,1-4H3. The molecule has 0 aliphatic carbocycles. The first kappa shape index (κ1) is 17.6. The highest BCUT2D eigenvalue weighted by Crippen LogP contribution is 2.25. The van der Waals surface area contributed by atoms with Gasteiger partial charge in [0.2, 0.25) is 0 Å². The van der Waals surface area contributed by atoms with Crippen molar-refractivity contribution in [3.8, 4) is 0 Å². The predicted molar refractivity (Wildman–Crippen MR) is 90.4 cm³/mol. The summed E-state index contributed by atoms with van der Waals surface area (Å²) in [6.45, 7) is 14.5. The molecule has 20 heavy (non-hydrogen) atoms. The molecule has 0 saturated heterocycles. The van der Waals surface area contributed by atoms with E-state index in [9.17, 15) is 0 Å². The Morgan fingerprint density at radius 2 is 1.85 bits per heavy atom. The molecule has 0 bridgehead atoms. The Balaban J connectivity index is 2.58. The minimum Gasteiger partial charge on any atom is -0.326 e. The van der Waals surface area contributed by atoms with Crippen LogP contribution in [0.4, 0.5) is 0 Å². The SMILES string of the molecule is CCN(CC)CCCN(CC)C(c1ccsc1)C(C)N. The van der Waals surface area contributed by atoms with Gasteiger partial charge in [-0.3, -0.25) is 4.90 Å². The maximum absolute atomic E-state index is 6.24. The van der Waals surface area contributed by atoms with Crippen LogP contribution in [0.1, 0.15) is 45.7 Å². The third kappa shape index (κ3) is 5.17. The fourth-order valence-electron chi connectivity index (χ4n) is 2.82. The second-order valence-electron chi connectivity index (χ2n) is 5.37. The van der Waals surface area contributed by atoms with E-state index in [0.717, 1.165) is 26.2 Å². The number of hydrogen-bond acceptors (Lipinski definition) is 4. The molecule has 0 spiro atoms. The van der Waals surface area contributed by atoms with Gasteiger partial charge in [-0.25, -0.2) is 0 Å². The van der Waals surface area contributed by atoms with Gasteiger partial charge in [-0.15, -0.1) is 0 Å². The van der Waals surface area contributed by atoms with Crippen molar-refractivity contribution < 1.29 is 0 Å². The molecule has 0 saturated carbocycles. The van der Waals surface area contributed by atoms with Crippen LogP contribution in [0.25, 0.3) is 0 Å². The van der Waals surface area contributed by atoms with Crippen molar-refractivity contribution in [2.75, 3.05) is 32.7 Å². The first-order chi connectivity index (χ1) is 9.63. The molecular weight excluding hydrogens is 266 g/mol. The van der Waals surface area contributed by atoms with Crippen molar-refractivity contribution >= 4 is 11.3 Å². The Morgan fingerprint density at radius 1 is 1.15 bits per heavy atom. The number of likely N-dealkylation sites (N-methyl/N-ethyl adjacent to an activating group) is 1. The van der Waals surface area contributed by atoms with E-state index in [1.807, 2.05) is 0 Å². The van der Waals surface area contributed by atoms with Crippen LogP contribution < -0.4 is 5.73 Å². The lowest BCUT2D eigenvalue weighted by atomic mass is 10.0. The van der Waals surface area contributed by atoms with Crippen molar-refractivity contribution in [1.29, 1.82) is 0 Å². The number of nitrogens with two attached hydrogens (primary N) is 1. The van der Waals surface area contributed by atoms with Gasteiger partial charge in [0.1, 0.15) is 0 Å². The van der Waals surface area contributed by atoms with Crippen molar-refractivity contribution in [2.24, 2.45) is 5.73 Å². The molecular formula is C16H31N3S. The molecule has 1 rings (SSSR count). The molecule has 0 aliphatic rings. The van der Waals surface area contributed by atoms with Crippen LogP contribution in [-0.2, 0) is 0 Å². The second-order valence-corrected chi connectivity index (χ2v) is 6.15. The van der Waals surface area contributed by atoms with Gasteiger partial charge in [0.15, 0.2) is 0 Å².